The number of anilines is 1. The fourth-order valence-corrected chi connectivity index (χ4v) is 5.78. The number of nitrogens with zero attached hydrogens (tertiary/aromatic N) is 4. The second kappa shape index (κ2) is 12.3. The first-order chi connectivity index (χ1) is 18.6. The van der Waals surface area contributed by atoms with Crippen molar-refractivity contribution in [2.75, 3.05) is 51.1 Å². The number of urea groups is 1. The normalized spacial score (nSPS) is 22.8. The number of fused-ring (bicyclic) bond motifs is 1. The first-order valence-corrected chi connectivity index (χ1v) is 13.9. The van der Waals surface area contributed by atoms with Gasteiger partial charge in [0.05, 0.1) is 11.2 Å². The maximum absolute atomic E-state index is 12.7. The molecule has 3 atom stereocenters. The zero-order chi connectivity index (χ0) is 27.7. The van der Waals surface area contributed by atoms with Crippen LogP contribution in [0.2, 0.25) is 0 Å². The van der Waals surface area contributed by atoms with Crippen LogP contribution < -0.4 is 27.4 Å². The zero-order valence-corrected chi connectivity index (χ0v) is 24.2. The lowest BCUT2D eigenvalue weighted by Crippen LogP contribution is -2.58. The molecule has 5 N–H and O–H groups in total. The Labute approximate surface area is 241 Å². The van der Waals surface area contributed by atoms with Crippen LogP contribution in [0.5, 0.6) is 0 Å². The lowest BCUT2D eigenvalue weighted by Gasteiger charge is -2.37. The zero-order valence-electron chi connectivity index (χ0n) is 23.4. The van der Waals surface area contributed by atoms with Crippen LogP contribution in [0.15, 0.2) is 41.3 Å². The van der Waals surface area contributed by atoms with Gasteiger partial charge in [-0.25, -0.2) is 9.59 Å². The molecule has 1 aromatic heterocycles. The Morgan fingerprint density at radius 1 is 1.07 bits per heavy atom. The topological polar surface area (TPSA) is 138 Å². The molecule has 3 heterocycles. The highest BCUT2D eigenvalue weighted by atomic mass is 35.5. The van der Waals surface area contributed by atoms with E-state index in [4.69, 9.17) is 5.73 Å². The van der Waals surface area contributed by atoms with E-state index in [2.05, 4.69) is 27.9 Å². The number of nitrogens with two attached hydrogens (primary N) is 1. The Morgan fingerprint density at radius 3 is 2.30 bits per heavy atom. The third-order valence-electron chi connectivity index (χ3n) is 8.17. The number of hydrogen-bond acceptors (Lipinski definition) is 7. The Kier molecular flexibility index (Phi) is 9.19. The molecule has 0 bridgehead atoms. The minimum absolute atomic E-state index is 0. The van der Waals surface area contributed by atoms with Gasteiger partial charge in [0.2, 0.25) is 5.91 Å². The predicted octanol–water partition coefficient (Wildman–Crippen LogP) is 1.05. The summed E-state index contributed by atoms with van der Waals surface area (Å²) < 4.78 is 1.46. The van der Waals surface area contributed by atoms with E-state index in [-0.39, 0.29) is 30.2 Å². The van der Waals surface area contributed by atoms with Crippen LogP contribution in [0.1, 0.15) is 26.3 Å². The average molecular weight is 573 g/mol. The average Bonchev–Trinajstić information content (AvgIpc) is 3.33. The maximum atomic E-state index is 12.7. The molecular formula is C28H41ClN8O3. The molecule has 2 aromatic rings. The number of piperidine rings is 1. The van der Waals surface area contributed by atoms with E-state index in [9.17, 15) is 14.4 Å². The monoisotopic (exact) mass is 572 g/mol. The van der Waals surface area contributed by atoms with E-state index >= 15 is 0 Å². The molecule has 5 rings (SSSR count). The third kappa shape index (κ3) is 6.83. The van der Waals surface area contributed by atoms with Crippen molar-refractivity contribution in [3.05, 3.63) is 52.6 Å². The fraction of sp³-hybridized carbons (Fsp3) is 0.571. The van der Waals surface area contributed by atoms with Gasteiger partial charge in [0, 0.05) is 38.4 Å². The standard InChI is InChI=1S/C28H40N8O3.ClH/c1-18(31-17-23-21-15-30-16-22(21)23)14-19-4-6-20(7-5-19)36-9-8-24(33-27(36)39)32-26(38)35-12-10-34(11-13-35)25(37)28(2,3)29;/h4-9,18,21-23,30-31H,10-17,29H2,1-3H3,(H,32,33,38,39);1H. The van der Waals surface area contributed by atoms with Gasteiger partial charge < -0.3 is 26.2 Å². The molecule has 218 valence electrons. The number of piperazine rings is 1. The number of hydrogen-bond donors (Lipinski definition) is 4. The number of amides is 3. The summed E-state index contributed by atoms with van der Waals surface area (Å²) in [4.78, 5) is 45.1. The molecule has 3 aliphatic rings. The number of halogens is 1. The van der Waals surface area contributed by atoms with Gasteiger partial charge in [-0.15, -0.1) is 12.4 Å². The molecule has 2 aliphatic heterocycles. The van der Waals surface area contributed by atoms with Crippen molar-refractivity contribution in [3.63, 3.8) is 0 Å². The quantitative estimate of drug-likeness (QED) is 0.371. The summed E-state index contributed by atoms with van der Waals surface area (Å²) in [5.41, 5.74) is 6.42. The number of nitrogens with one attached hydrogen (secondary N) is 3. The van der Waals surface area contributed by atoms with Crippen molar-refractivity contribution in [3.8, 4) is 5.69 Å². The summed E-state index contributed by atoms with van der Waals surface area (Å²) in [5, 5.41) is 9.82. The second-order valence-electron chi connectivity index (χ2n) is 11.7. The molecule has 3 fully saturated rings. The largest absolute Gasteiger partial charge is 0.354 e. The minimum atomic E-state index is -0.943. The molecule has 40 heavy (non-hydrogen) atoms. The van der Waals surface area contributed by atoms with E-state index in [0.29, 0.717) is 32.2 Å². The van der Waals surface area contributed by atoms with Crippen LogP contribution in [0, 0.1) is 17.8 Å². The van der Waals surface area contributed by atoms with Gasteiger partial charge in [-0.2, -0.15) is 4.98 Å². The van der Waals surface area contributed by atoms with Crippen LogP contribution in [0.25, 0.3) is 5.69 Å². The molecule has 1 aromatic carbocycles. The summed E-state index contributed by atoms with van der Waals surface area (Å²) in [6.45, 7) is 10.6. The van der Waals surface area contributed by atoms with Crippen molar-refractivity contribution in [2.24, 2.45) is 23.5 Å². The third-order valence-corrected chi connectivity index (χ3v) is 8.17. The van der Waals surface area contributed by atoms with Gasteiger partial charge >= 0.3 is 11.7 Å². The first kappa shape index (κ1) is 30.0. The number of carbonyl (C=O) groups is 2. The summed E-state index contributed by atoms with van der Waals surface area (Å²) in [5.74, 6) is 2.61. The van der Waals surface area contributed by atoms with E-state index in [1.807, 2.05) is 24.3 Å². The predicted molar refractivity (Wildman–Crippen MR) is 157 cm³/mol. The van der Waals surface area contributed by atoms with Gasteiger partial charge in [-0.3, -0.25) is 14.7 Å². The van der Waals surface area contributed by atoms with Crippen LogP contribution in [-0.2, 0) is 11.2 Å². The van der Waals surface area contributed by atoms with Crippen LogP contribution in [-0.4, -0.2) is 88.7 Å². The molecular weight excluding hydrogens is 532 g/mol. The molecule has 0 radical (unpaired) electrons. The molecule has 1 saturated carbocycles. The van der Waals surface area contributed by atoms with Crippen LogP contribution in [0.4, 0.5) is 10.6 Å². The van der Waals surface area contributed by atoms with Crippen LogP contribution >= 0.6 is 12.4 Å². The lowest BCUT2D eigenvalue weighted by molar-refractivity contribution is -0.137. The van der Waals surface area contributed by atoms with Crippen molar-refractivity contribution in [2.45, 2.75) is 38.8 Å². The Bertz CT molecular complexity index is 1240. The van der Waals surface area contributed by atoms with Crippen molar-refractivity contribution < 1.29 is 9.59 Å². The second-order valence-corrected chi connectivity index (χ2v) is 11.7. The molecule has 2 saturated heterocycles. The van der Waals surface area contributed by atoms with Gasteiger partial charge in [0.25, 0.3) is 0 Å². The highest BCUT2D eigenvalue weighted by molar-refractivity contribution is 5.89. The van der Waals surface area contributed by atoms with Gasteiger partial charge in [0.15, 0.2) is 0 Å². The first-order valence-electron chi connectivity index (χ1n) is 13.9. The number of benzene rings is 1. The summed E-state index contributed by atoms with van der Waals surface area (Å²) in [6, 6.07) is 9.57. The van der Waals surface area contributed by atoms with Crippen molar-refractivity contribution >= 4 is 30.2 Å². The van der Waals surface area contributed by atoms with E-state index in [1.54, 1.807) is 35.9 Å². The summed E-state index contributed by atoms with van der Waals surface area (Å²) in [7, 11) is 0. The van der Waals surface area contributed by atoms with Crippen molar-refractivity contribution in [1.29, 1.82) is 0 Å². The highest BCUT2D eigenvalue weighted by Crippen LogP contribution is 2.48. The van der Waals surface area contributed by atoms with Gasteiger partial charge in [0.1, 0.15) is 5.82 Å². The molecule has 1 aliphatic carbocycles. The number of rotatable bonds is 8. The SMILES string of the molecule is CC(Cc1ccc(-n2ccc(NC(=O)N3CCN(C(=O)C(C)(C)N)CC3)nc2=O)cc1)NCC1C2CNCC21.Cl. The Morgan fingerprint density at radius 2 is 1.70 bits per heavy atom. The summed E-state index contributed by atoms with van der Waals surface area (Å²) in [6.07, 6.45) is 2.54. The molecule has 12 heteroatoms. The maximum Gasteiger partial charge on any atom is 0.354 e. The van der Waals surface area contributed by atoms with Crippen LogP contribution in [0.3, 0.4) is 0 Å². The Hall–Kier alpha value is -2.99. The molecule has 0 spiro atoms. The number of carbonyl (C=O) groups excluding carboxylic acids is 2. The Balaban J connectivity index is 0.00000370. The van der Waals surface area contributed by atoms with E-state index in [0.717, 1.165) is 36.4 Å². The van der Waals surface area contributed by atoms with E-state index in [1.165, 1.54) is 23.2 Å². The van der Waals surface area contributed by atoms with E-state index < -0.39 is 11.2 Å². The minimum Gasteiger partial charge on any atom is -0.338 e. The molecule has 3 unspecified atom stereocenters. The lowest BCUT2D eigenvalue weighted by atomic mass is 10.1. The van der Waals surface area contributed by atoms with Gasteiger partial charge in [-0.1, -0.05) is 12.1 Å². The molecule has 3 amide bonds. The smallest absolute Gasteiger partial charge is 0.338 e. The van der Waals surface area contributed by atoms with Gasteiger partial charge in [-0.05, 0) is 88.3 Å². The molecule has 11 nitrogen and oxygen atoms in total. The highest BCUT2D eigenvalue weighted by Gasteiger charge is 2.52. The number of aromatic nitrogens is 2. The van der Waals surface area contributed by atoms with Crippen molar-refractivity contribution in [1.82, 2.24) is 30.0 Å². The fourth-order valence-electron chi connectivity index (χ4n) is 5.78. The summed E-state index contributed by atoms with van der Waals surface area (Å²) >= 11 is 0.